The van der Waals surface area contributed by atoms with Crippen LogP contribution in [0.25, 0.3) is 0 Å². The van der Waals surface area contributed by atoms with Crippen molar-refractivity contribution < 1.29 is 9.18 Å². The molecule has 12 heavy (non-hydrogen) atoms. The van der Waals surface area contributed by atoms with Crippen molar-refractivity contribution in [1.29, 1.82) is 0 Å². The van der Waals surface area contributed by atoms with Crippen molar-refractivity contribution in [3.05, 3.63) is 33.6 Å². The average molecular weight is 227 g/mol. The van der Waals surface area contributed by atoms with Crippen LogP contribution in [-0.2, 0) is 0 Å². The highest BCUT2D eigenvalue weighted by atomic mass is 35.5. The first-order valence-corrected chi connectivity index (χ1v) is 4.00. The van der Waals surface area contributed by atoms with Gasteiger partial charge in [0.1, 0.15) is 5.82 Å². The molecule has 0 unspecified atom stereocenters. The summed E-state index contributed by atoms with van der Waals surface area (Å²) in [6.45, 7) is 0. The minimum absolute atomic E-state index is 0.0517. The van der Waals surface area contributed by atoms with Gasteiger partial charge < -0.3 is 0 Å². The van der Waals surface area contributed by atoms with Gasteiger partial charge in [0.15, 0.2) is 0 Å². The van der Waals surface area contributed by atoms with E-state index in [4.69, 9.17) is 34.8 Å². The molecule has 0 aromatic heterocycles. The molecule has 0 aliphatic rings. The molecule has 1 nitrogen and oxygen atoms in total. The average Bonchev–Trinajstić information content (AvgIpc) is 1.96. The van der Waals surface area contributed by atoms with Crippen molar-refractivity contribution >= 4 is 40.0 Å². The third-order valence-electron chi connectivity index (χ3n) is 1.22. The largest absolute Gasteiger partial charge is 0.275 e. The van der Waals surface area contributed by atoms with Gasteiger partial charge in [-0.15, -0.1) is 0 Å². The maximum atomic E-state index is 12.8. The minimum Gasteiger partial charge on any atom is -0.275 e. The summed E-state index contributed by atoms with van der Waals surface area (Å²) >= 11 is 16.0. The number of rotatable bonds is 1. The molecule has 0 aliphatic heterocycles. The molecule has 1 aromatic carbocycles. The van der Waals surface area contributed by atoms with E-state index in [9.17, 15) is 9.18 Å². The van der Waals surface area contributed by atoms with Gasteiger partial charge in [0.05, 0.1) is 15.6 Å². The topological polar surface area (TPSA) is 17.1 Å². The summed E-state index contributed by atoms with van der Waals surface area (Å²) in [5, 5.41) is -0.746. The Labute approximate surface area is 83.0 Å². The second-order valence-electron chi connectivity index (χ2n) is 2.02. The number of halogens is 4. The van der Waals surface area contributed by atoms with E-state index in [0.29, 0.717) is 0 Å². The standard InChI is InChI=1S/C7H2Cl3FO/c8-4-1-3(7(10)12)6(11)2-5(4)9/h1-2H. The molecule has 0 fully saturated rings. The molecule has 0 bridgehead atoms. The fraction of sp³-hybridized carbons (Fsp3) is 0. The summed E-state index contributed by atoms with van der Waals surface area (Å²) in [7, 11) is 0. The third-order valence-corrected chi connectivity index (χ3v) is 2.15. The minimum atomic E-state index is -0.897. The van der Waals surface area contributed by atoms with Gasteiger partial charge in [0.2, 0.25) is 0 Å². The van der Waals surface area contributed by atoms with Crippen LogP contribution in [0.2, 0.25) is 10.0 Å². The maximum Gasteiger partial charge on any atom is 0.255 e. The molecule has 64 valence electrons. The third kappa shape index (κ3) is 1.89. The van der Waals surface area contributed by atoms with E-state index in [0.717, 1.165) is 12.1 Å². The molecule has 0 N–H and O–H groups in total. The summed E-state index contributed by atoms with van der Waals surface area (Å²) in [5.41, 5.74) is -0.272. The molecule has 0 spiro atoms. The molecule has 0 atom stereocenters. The first-order valence-electron chi connectivity index (χ1n) is 2.86. The van der Waals surface area contributed by atoms with Gasteiger partial charge in [-0.1, -0.05) is 23.2 Å². The lowest BCUT2D eigenvalue weighted by Gasteiger charge is -1.99. The summed E-state index contributed by atoms with van der Waals surface area (Å²) in [5.74, 6) is -0.774. The summed E-state index contributed by atoms with van der Waals surface area (Å²) < 4.78 is 12.8. The lowest BCUT2D eigenvalue weighted by Crippen LogP contribution is -1.94. The van der Waals surface area contributed by atoms with Crippen molar-refractivity contribution in [3.8, 4) is 0 Å². The van der Waals surface area contributed by atoms with Crippen molar-refractivity contribution in [2.45, 2.75) is 0 Å². The molecule has 0 aliphatic carbocycles. The highest BCUT2D eigenvalue weighted by Gasteiger charge is 2.11. The Morgan fingerprint density at radius 1 is 1.25 bits per heavy atom. The predicted molar refractivity (Wildman–Crippen MR) is 46.6 cm³/mol. The Morgan fingerprint density at radius 2 is 1.75 bits per heavy atom. The summed E-state index contributed by atoms with van der Waals surface area (Å²) in [4.78, 5) is 10.6. The van der Waals surface area contributed by atoms with Crippen molar-refractivity contribution in [2.24, 2.45) is 0 Å². The molecule has 0 saturated carbocycles. The van der Waals surface area contributed by atoms with Crippen LogP contribution in [0, 0.1) is 5.82 Å². The van der Waals surface area contributed by atoms with Gasteiger partial charge in [0, 0.05) is 0 Å². The van der Waals surface area contributed by atoms with E-state index in [2.05, 4.69) is 0 Å². The number of hydrogen-bond donors (Lipinski definition) is 0. The Morgan fingerprint density at radius 3 is 2.25 bits per heavy atom. The molecule has 0 radical (unpaired) electrons. The maximum absolute atomic E-state index is 12.8. The predicted octanol–water partition coefficient (Wildman–Crippen LogP) is 3.51. The van der Waals surface area contributed by atoms with Crippen LogP contribution in [0.4, 0.5) is 4.39 Å². The number of hydrogen-bond acceptors (Lipinski definition) is 1. The van der Waals surface area contributed by atoms with Crippen molar-refractivity contribution in [3.63, 3.8) is 0 Å². The molecule has 1 rings (SSSR count). The van der Waals surface area contributed by atoms with Crippen LogP contribution in [0.5, 0.6) is 0 Å². The molecule has 0 heterocycles. The second-order valence-corrected chi connectivity index (χ2v) is 3.18. The van der Waals surface area contributed by atoms with Crippen LogP contribution in [0.3, 0.4) is 0 Å². The molecular weight excluding hydrogens is 225 g/mol. The normalized spacial score (nSPS) is 10.0. The van der Waals surface area contributed by atoms with Crippen LogP contribution in [0.15, 0.2) is 12.1 Å². The second kappa shape index (κ2) is 3.60. The zero-order chi connectivity index (χ0) is 9.30. The first-order chi connectivity index (χ1) is 5.52. The Hall–Kier alpha value is -0.310. The quantitative estimate of drug-likeness (QED) is 0.530. The van der Waals surface area contributed by atoms with Gasteiger partial charge in [0.25, 0.3) is 5.24 Å². The smallest absolute Gasteiger partial charge is 0.255 e. The lowest BCUT2D eigenvalue weighted by atomic mass is 10.2. The molecule has 5 heteroatoms. The Bertz CT molecular complexity index is 338. The molecule has 0 amide bonds. The highest BCUT2D eigenvalue weighted by molar-refractivity contribution is 6.67. The first kappa shape index (κ1) is 9.78. The van der Waals surface area contributed by atoms with Crippen molar-refractivity contribution in [2.75, 3.05) is 0 Å². The van der Waals surface area contributed by atoms with Gasteiger partial charge in [-0.3, -0.25) is 4.79 Å². The van der Waals surface area contributed by atoms with Crippen LogP contribution < -0.4 is 0 Å². The van der Waals surface area contributed by atoms with Crippen LogP contribution in [-0.4, -0.2) is 5.24 Å². The SMILES string of the molecule is O=C(Cl)c1cc(Cl)c(Cl)cc1F. The molecular formula is C7H2Cl3FO. The summed E-state index contributed by atoms with van der Waals surface area (Å²) in [6, 6.07) is 2.04. The van der Waals surface area contributed by atoms with E-state index in [1.54, 1.807) is 0 Å². The molecule has 1 aromatic rings. The van der Waals surface area contributed by atoms with E-state index in [1.807, 2.05) is 0 Å². The monoisotopic (exact) mass is 226 g/mol. The number of benzene rings is 1. The number of carbonyl (C=O) groups excluding carboxylic acids is 1. The van der Waals surface area contributed by atoms with Crippen LogP contribution >= 0.6 is 34.8 Å². The molecule has 0 saturated heterocycles. The van der Waals surface area contributed by atoms with Gasteiger partial charge in [-0.05, 0) is 23.7 Å². The fourth-order valence-electron chi connectivity index (χ4n) is 0.673. The summed E-state index contributed by atoms with van der Waals surface area (Å²) in [6.07, 6.45) is 0. The fourth-order valence-corrected chi connectivity index (χ4v) is 1.13. The highest BCUT2D eigenvalue weighted by Crippen LogP contribution is 2.25. The van der Waals surface area contributed by atoms with E-state index >= 15 is 0 Å². The van der Waals surface area contributed by atoms with E-state index < -0.39 is 11.1 Å². The van der Waals surface area contributed by atoms with Gasteiger partial charge >= 0.3 is 0 Å². The van der Waals surface area contributed by atoms with Gasteiger partial charge in [-0.2, -0.15) is 0 Å². The Kier molecular flexibility index (Phi) is 2.94. The lowest BCUT2D eigenvalue weighted by molar-refractivity contribution is 0.107. The van der Waals surface area contributed by atoms with E-state index in [1.165, 1.54) is 0 Å². The van der Waals surface area contributed by atoms with E-state index in [-0.39, 0.29) is 15.6 Å². The zero-order valence-corrected chi connectivity index (χ0v) is 7.84. The van der Waals surface area contributed by atoms with Gasteiger partial charge in [-0.25, -0.2) is 4.39 Å². The Balaban J connectivity index is 3.33. The van der Waals surface area contributed by atoms with Crippen molar-refractivity contribution in [1.82, 2.24) is 0 Å². The zero-order valence-electron chi connectivity index (χ0n) is 5.57. The van der Waals surface area contributed by atoms with Crippen LogP contribution in [0.1, 0.15) is 10.4 Å². The number of carbonyl (C=O) groups is 1.